The minimum atomic E-state index is -0.506. The summed E-state index contributed by atoms with van der Waals surface area (Å²) in [6.45, 7) is 2.00. The second kappa shape index (κ2) is 8.70. The molecule has 0 aliphatic heterocycles. The fourth-order valence-corrected chi connectivity index (χ4v) is 4.96. The molecule has 4 aromatic rings. The summed E-state index contributed by atoms with van der Waals surface area (Å²) in [6.07, 6.45) is 7.32. The summed E-state index contributed by atoms with van der Waals surface area (Å²) in [4.78, 5) is 33.1. The molecule has 0 saturated heterocycles. The molecular weight excluding hydrogens is 440 g/mol. The van der Waals surface area contributed by atoms with Gasteiger partial charge in [-0.25, -0.2) is 14.6 Å². The molecule has 1 aromatic carbocycles. The molecule has 5 rings (SSSR count). The molecule has 1 N–H and O–H groups in total. The zero-order chi connectivity index (χ0) is 22.9. The Kier molecular flexibility index (Phi) is 5.59. The summed E-state index contributed by atoms with van der Waals surface area (Å²) in [7, 11) is 0. The third kappa shape index (κ3) is 4.21. The Hall–Kier alpha value is -3.66. The highest BCUT2D eigenvalue weighted by Crippen LogP contribution is 2.33. The van der Waals surface area contributed by atoms with E-state index in [0.717, 1.165) is 48.1 Å². The number of nitrogens with one attached hydrogen (secondary N) is 1. The van der Waals surface area contributed by atoms with Crippen molar-refractivity contribution in [2.45, 2.75) is 45.1 Å². The minimum absolute atomic E-state index is 0.0847. The van der Waals surface area contributed by atoms with Gasteiger partial charge in [0.2, 0.25) is 0 Å². The molecular formula is C23H22N6O3S. The molecule has 3 heterocycles. The van der Waals surface area contributed by atoms with Crippen LogP contribution in [0.2, 0.25) is 0 Å². The van der Waals surface area contributed by atoms with Crippen LogP contribution in [0.15, 0.2) is 42.6 Å². The average Bonchev–Trinajstić information content (AvgIpc) is 3.48. The first-order valence-corrected chi connectivity index (χ1v) is 11.7. The van der Waals surface area contributed by atoms with Crippen molar-refractivity contribution < 1.29 is 9.72 Å². The van der Waals surface area contributed by atoms with Gasteiger partial charge in [-0.15, -0.1) is 0 Å². The molecule has 1 aliphatic rings. The Morgan fingerprint density at radius 3 is 2.73 bits per heavy atom. The molecule has 0 atom stereocenters. The first-order valence-electron chi connectivity index (χ1n) is 10.9. The van der Waals surface area contributed by atoms with E-state index < -0.39 is 10.8 Å². The lowest BCUT2D eigenvalue weighted by atomic mass is 9.96. The molecule has 10 heteroatoms. The lowest BCUT2D eigenvalue weighted by Crippen LogP contribution is -2.15. The van der Waals surface area contributed by atoms with Crippen molar-refractivity contribution in [3.8, 4) is 11.4 Å². The van der Waals surface area contributed by atoms with E-state index in [1.807, 2.05) is 35.9 Å². The van der Waals surface area contributed by atoms with Gasteiger partial charge in [0, 0.05) is 11.6 Å². The number of aryl methyl sites for hydroxylation is 1. The number of hydrogen-bond acceptors (Lipinski definition) is 7. The van der Waals surface area contributed by atoms with E-state index in [9.17, 15) is 14.9 Å². The highest BCUT2D eigenvalue weighted by atomic mass is 32.1. The maximum atomic E-state index is 12.9. The maximum absolute atomic E-state index is 12.9. The molecule has 1 fully saturated rings. The summed E-state index contributed by atoms with van der Waals surface area (Å²) < 4.78 is 1.96. The number of rotatable bonds is 5. The topological polar surface area (TPSA) is 116 Å². The fraction of sp³-hybridized carbons (Fsp3) is 0.304. The number of aromatic nitrogens is 4. The van der Waals surface area contributed by atoms with Crippen LogP contribution in [0.5, 0.6) is 0 Å². The third-order valence-electron chi connectivity index (χ3n) is 5.88. The standard InChI is InChI=1S/C23H22N6O3S/c1-14-6-5-7-15(12-14)20-25-21(27-23(30)18-10-11-19(33-18)29(31)32)17-13-24-28(22(17)26-20)16-8-3-2-4-9-16/h5-7,10-13,16H,2-4,8-9H2,1H3,(H,25,26,27,30). The molecule has 0 bridgehead atoms. The molecule has 33 heavy (non-hydrogen) atoms. The van der Waals surface area contributed by atoms with E-state index >= 15 is 0 Å². The summed E-state index contributed by atoms with van der Waals surface area (Å²) in [5, 5.41) is 19.0. The molecule has 168 valence electrons. The van der Waals surface area contributed by atoms with Crippen LogP contribution in [0.1, 0.15) is 53.4 Å². The first-order chi connectivity index (χ1) is 16.0. The van der Waals surface area contributed by atoms with Crippen LogP contribution in [-0.2, 0) is 0 Å². The molecule has 1 saturated carbocycles. The molecule has 1 aliphatic carbocycles. The van der Waals surface area contributed by atoms with E-state index in [1.54, 1.807) is 6.20 Å². The van der Waals surface area contributed by atoms with Gasteiger partial charge in [0.1, 0.15) is 5.82 Å². The Morgan fingerprint density at radius 1 is 1.18 bits per heavy atom. The van der Waals surface area contributed by atoms with Gasteiger partial charge in [-0.1, -0.05) is 54.4 Å². The lowest BCUT2D eigenvalue weighted by molar-refractivity contribution is -0.380. The van der Waals surface area contributed by atoms with Crippen molar-refractivity contribution in [1.82, 2.24) is 19.7 Å². The Morgan fingerprint density at radius 2 is 2.00 bits per heavy atom. The number of amides is 1. The Bertz CT molecular complexity index is 1360. The number of anilines is 1. The van der Waals surface area contributed by atoms with Crippen molar-refractivity contribution in [3.05, 3.63) is 63.1 Å². The Labute approximate surface area is 193 Å². The maximum Gasteiger partial charge on any atom is 0.324 e. The fourth-order valence-electron chi connectivity index (χ4n) is 4.24. The van der Waals surface area contributed by atoms with Crippen LogP contribution in [-0.4, -0.2) is 30.6 Å². The van der Waals surface area contributed by atoms with E-state index in [1.165, 1.54) is 18.6 Å². The predicted octanol–water partition coefficient (Wildman–Crippen LogP) is 5.53. The van der Waals surface area contributed by atoms with Crippen LogP contribution >= 0.6 is 11.3 Å². The van der Waals surface area contributed by atoms with Crippen molar-refractivity contribution in [1.29, 1.82) is 0 Å². The lowest BCUT2D eigenvalue weighted by Gasteiger charge is -2.22. The molecule has 1 amide bonds. The van der Waals surface area contributed by atoms with Gasteiger partial charge >= 0.3 is 5.00 Å². The van der Waals surface area contributed by atoms with E-state index in [-0.39, 0.29) is 15.9 Å². The van der Waals surface area contributed by atoms with Gasteiger partial charge in [0.25, 0.3) is 5.91 Å². The van der Waals surface area contributed by atoms with Crippen LogP contribution in [0, 0.1) is 17.0 Å². The van der Waals surface area contributed by atoms with Crippen LogP contribution in [0.25, 0.3) is 22.4 Å². The summed E-state index contributed by atoms with van der Waals surface area (Å²) in [5.41, 5.74) is 2.60. The normalized spacial score (nSPS) is 14.5. The quantitative estimate of drug-likeness (QED) is 0.308. The monoisotopic (exact) mass is 462 g/mol. The molecule has 0 unspecified atom stereocenters. The number of fused-ring (bicyclic) bond motifs is 1. The molecule has 3 aromatic heterocycles. The van der Waals surface area contributed by atoms with E-state index in [0.29, 0.717) is 22.7 Å². The Balaban J connectivity index is 1.59. The van der Waals surface area contributed by atoms with Gasteiger partial charge in [0.15, 0.2) is 11.5 Å². The van der Waals surface area contributed by atoms with Crippen molar-refractivity contribution in [2.24, 2.45) is 0 Å². The van der Waals surface area contributed by atoms with Gasteiger partial charge in [0.05, 0.1) is 27.4 Å². The van der Waals surface area contributed by atoms with E-state index in [4.69, 9.17) is 4.98 Å². The SMILES string of the molecule is Cc1cccc(-c2nc(NC(=O)c3ccc([N+](=O)[O-])s3)c3cnn(C4CCCCC4)c3n2)c1. The number of carbonyl (C=O) groups is 1. The highest BCUT2D eigenvalue weighted by Gasteiger charge is 2.23. The minimum Gasteiger partial charge on any atom is -0.305 e. The van der Waals surface area contributed by atoms with E-state index in [2.05, 4.69) is 15.4 Å². The molecule has 0 radical (unpaired) electrons. The first kappa shape index (κ1) is 21.2. The van der Waals surface area contributed by atoms with Gasteiger partial charge in [-0.2, -0.15) is 5.10 Å². The molecule has 0 spiro atoms. The number of benzene rings is 1. The number of hydrogen-bond donors (Lipinski definition) is 1. The number of carbonyl (C=O) groups excluding carboxylic acids is 1. The summed E-state index contributed by atoms with van der Waals surface area (Å²) in [6, 6.07) is 10.9. The summed E-state index contributed by atoms with van der Waals surface area (Å²) in [5.74, 6) is 0.393. The van der Waals surface area contributed by atoms with Crippen molar-refractivity contribution in [2.75, 3.05) is 5.32 Å². The predicted molar refractivity (Wildman–Crippen MR) is 127 cm³/mol. The van der Waals surface area contributed by atoms with Crippen molar-refractivity contribution in [3.63, 3.8) is 0 Å². The number of thiophene rings is 1. The second-order valence-corrected chi connectivity index (χ2v) is 9.29. The number of nitrogens with zero attached hydrogens (tertiary/aromatic N) is 5. The highest BCUT2D eigenvalue weighted by molar-refractivity contribution is 7.17. The average molecular weight is 463 g/mol. The zero-order valence-electron chi connectivity index (χ0n) is 18.0. The van der Waals surface area contributed by atoms with Gasteiger partial charge in [-0.3, -0.25) is 14.9 Å². The van der Waals surface area contributed by atoms with Gasteiger partial charge in [-0.05, 0) is 31.9 Å². The van der Waals surface area contributed by atoms with Crippen LogP contribution in [0.4, 0.5) is 10.8 Å². The molecule has 9 nitrogen and oxygen atoms in total. The second-order valence-electron chi connectivity index (χ2n) is 8.23. The van der Waals surface area contributed by atoms with Crippen LogP contribution in [0.3, 0.4) is 0 Å². The summed E-state index contributed by atoms with van der Waals surface area (Å²) >= 11 is 0.829. The largest absolute Gasteiger partial charge is 0.324 e. The number of nitro groups is 1. The van der Waals surface area contributed by atoms with Crippen molar-refractivity contribution >= 4 is 39.1 Å². The van der Waals surface area contributed by atoms with Gasteiger partial charge < -0.3 is 5.32 Å². The third-order valence-corrected chi connectivity index (χ3v) is 6.91. The zero-order valence-corrected chi connectivity index (χ0v) is 18.8. The van der Waals surface area contributed by atoms with Crippen LogP contribution < -0.4 is 5.32 Å². The smallest absolute Gasteiger partial charge is 0.305 e.